The minimum atomic E-state index is -0.250. The highest BCUT2D eigenvalue weighted by atomic mass is 16.5. The first kappa shape index (κ1) is 24.1. The predicted molar refractivity (Wildman–Crippen MR) is 146 cm³/mol. The summed E-state index contributed by atoms with van der Waals surface area (Å²) in [4.78, 5) is 41.2. The second kappa shape index (κ2) is 10.2. The van der Waals surface area contributed by atoms with Crippen molar-refractivity contribution < 1.29 is 14.6 Å². The number of nitrogens with zero attached hydrogens (tertiary/aromatic N) is 4. The Morgan fingerprint density at radius 1 is 1.03 bits per heavy atom. The van der Waals surface area contributed by atoms with Gasteiger partial charge >= 0.3 is 0 Å². The van der Waals surface area contributed by atoms with Crippen LogP contribution in [0, 0.1) is 0 Å². The average Bonchev–Trinajstić information content (AvgIpc) is 2.94. The van der Waals surface area contributed by atoms with Crippen LogP contribution in [0.15, 0.2) is 65.7 Å². The number of carbonyl (C=O) groups excluding carboxylic acids is 1. The van der Waals surface area contributed by atoms with E-state index in [9.17, 15) is 14.7 Å². The average molecular weight is 513 g/mol. The quantitative estimate of drug-likeness (QED) is 0.373. The maximum absolute atomic E-state index is 12.8. The van der Waals surface area contributed by atoms with E-state index in [1.165, 1.54) is 0 Å². The Hall–Kier alpha value is -4.28. The zero-order valence-electron chi connectivity index (χ0n) is 20.8. The van der Waals surface area contributed by atoms with Crippen LogP contribution in [0.3, 0.4) is 0 Å². The molecule has 2 aliphatic heterocycles. The van der Waals surface area contributed by atoms with Gasteiger partial charge in [-0.3, -0.25) is 9.59 Å². The molecule has 2 aliphatic rings. The van der Waals surface area contributed by atoms with E-state index in [-0.39, 0.29) is 24.2 Å². The molecule has 0 aliphatic carbocycles. The Balaban J connectivity index is 1.33. The molecule has 10 nitrogen and oxygen atoms in total. The number of aromatic nitrogens is 3. The summed E-state index contributed by atoms with van der Waals surface area (Å²) < 4.78 is 5.26. The van der Waals surface area contributed by atoms with E-state index in [1.807, 2.05) is 42.5 Å². The number of nitrogens with one attached hydrogen (secondary N) is 2. The summed E-state index contributed by atoms with van der Waals surface area (Å²) in [6, 6.07) is 15.1. The topological polar surface area (TPSA) is 124 Å². The summed E-state index contributed by atoms with van der Waals surface area (Å²) in [5.74, 6) is 0.518. The number of anilines is 4. The van der Waals surface area contributed by atoms with Crippen LogP contribution in [0.4, 0.5) is 22.9 Å². The van der Waals surface area contributed by atoms with E-state index in [0.717, 1.165) is 42.9 Å². The molecule has 0 bridgehead atoms. The van der Waals surface area contributed by atoms with Crippen LogP contribution >= 0.6 is 0 Å². The van der Waals surface area contributed by atoms with Gasteiger partial charge in [-0.2, -0.15) is 0 Å². The van der Waals surface area contributed by atoms with Gasteiger partial charge in [-0.1, -0.05) is 12.1 Å². The lowest BCUT2D eigenvalue weighted by atomic mass is 10.1. The number of fused-ring (bicyclic) bond motifs is 1. The second-order valence-corrected chi connectivity index (χ2v) is 9.52. The van der Waals surface area contributed by atoms with Crippen molar-refractivity contribution in [3.8, 4) is 11.3 Å². The number of aliphatic hydroxyl groups excluding tert-OH is 1. The number of H-pyrrole nitrogens is 1. The van der Waals surface area contributed by atoms with Crippen molar-refractivity contribution in [1.82, 2.24) is 15.0 Å². The molecule has 0 saturated carbocycles. The minimum Gasteiger partial charge on any atom is -0.393 e. The molecule has 6 rings (SSSR count). The van der Waals surface area contributed by atoms with Crippen molar-refractivity contribution >= 4 is 39.7 Å². The molecule has 4 aromatic rings. The number of hydrogen-bond acceptors (Lipinski definition) is 8. The molecule has 1 aromatic carbocycles. The number of rotatable bonds is 5. The van der Waals surface area contributed by atoms with E-state index in [4.69, 9.17) is 9.72 Å². The van der Waals surface area contributed by atoms with Gasteiger partial charge in [0.25, 0.3) is 11.5 Å². The largest absolute Gasteiger partial charge is 0.393 e. The summed E-state index contributed by atoms with van der Waals surface area (Å²) >= 11 is 0. The van der Waals surface area contributed by atoms with Gasteiger partial charge in [0.2, 0.25) is 0 Å². The Morgan fingerprint density at radius 3 is 2.68 bits per heavy atom. The molecular formula is C28H28N6O4. The summed E-state index contributed by atoms with van der Waals surface area (Å²) in [6.45, 7) is 2.64. The Labute approximate surface area is 218 Å². The first-order valence-corrected chi connectivity index (χ1v) is 12.7. The highest BCUT2D eigenvalue weighted by Crippen LogP contribution is 2.31. The molecule has 3 aromatic heterocycles. The Kier molecular flexibility index (Phi) is 6.48. The van der Waals surface area contributed by atoms with Crippen LogP contribution in [0.1, 0.15) is 12.8 Å². The lowest BCUT2D eigenvalue weighted by molar-refractivity contribution is -0.125. The fourth-order valence-electron chi connectivity index (χ4n) is 4.97. The van der Waals surface area contributed by atoms with Crippen LogP contribution in [0.5, 0.6) is 0 Å². The molecule has 0 atom stereocenters. The fraction of sp³-hybridized carbons (Fsp3) is 0.286. The molecule has 1 amide bonds. The maximum Gasteiger partial charge on any atom is 0.259 e. The molecule has 2 fully saturated rings. The highest BCUT2D eigenvalue weighted by Gasteiger charge is 2.21. The van der Waals surface area contributed by atoms with Gasteiger partial charge < -0.3 is 29.9 Å². The van der Waals surface area contributed by atoms with Gasteiger partial charge in [0.1, 0.15) is 12.4 Å². The number of hydrogen-bond donors (Lipinski definition) is 3. The third kappa shape index (κ3) is 4.83. The van der Waals surface area contributed by atoms with Gasteiger partial charge in [0.05, 0.1) is 46.9 Å². The van der Waals surface area contributed by atoms with Crippen LogP contribution < -0.4 is 20.7 Å². The standard InChI is InChI=1S/C28H28N6O4/c35-21-7-10-33(11-8-21)20-4-5-25(30-16-20)32-24-15-23(31-22-6-9-29-28(37)27(22)24)18-2-1-3-19(14-18)34-12-13-38-17-26(34)36/h1-6,9,14-16,21,35H,7-8,10-13,17H2,(H,29,37)(H,30,31,32). The molecular weight excluding hydrogens is 484 g/mol. The van der Waals surface area contributed by atoms with Crippen molar-refractivity contribution in [2.24, 2.45) is 0 Å². The van der Waals surface area contributed by atoms with Crippen molar-refractivity contribution in [1.29, 1.82) is 0 Å². The zero-order valence-corrected chi connectivity index (χ0v) is 20.8. The number of aromatic amines is 1. The summed E-state index contributed by atoms with van der Waals surface area (Å²) in [5.41, 5.74) is 4.14. The van der Waals surface area contributed by atoms with E-state index in [2.05, 4.69) is 20.2 Å². The molecule has 10 heteroatoms. The number of carbonyl (C=O) groups is 1. The first-order valence-electron chi connectivity index (χ1n) is 12.7. The zero-order chi connectivity index (χ0) is 26.1. The van der Waals surface area contributed by atoms with E-state index < -0.39 is 0 Å². The molecule has 0 unspecified atom stereocenters. The van der Waals surface area contributed by atoms with Gasteiger partial charge in [0.15, 0.2) is 0 Å². The molecule has 5 heterocycles. The summed E-state index contributed by atoms with van der Waals surface area (Å²) in [7, 11) is 0. The molecule has 3 N–H and O–H groups in total. The monoisotopic (exact) mass is 512 g/mol. The van der Waals surface area contributed by atoms with Gasteiger partial charge in [-0.15, -0.1) is 0 Å². The third-order valence-electron chi connectivity index (χ3n) is 7.01. The lowest BCUT2D eigenvalue weighted by Crippen LogP contribution is -2.41. The predicted octanol–water partition coefficient (Wildman–Crippen LogP) is 3.05. The number of pyridine rings is 3. The van der Waals surface area contributed by atoms with Crippen molar-refractivity contribution in [3.63, 3.8) is 0 Å². The second-order valence-electron chi connectivity index (χ2n) is 9.52. The van der Waals surface area contributed by atoms with Crippen LogP contribution in [-0.2, 0) is 9.53 Å². The van der Waals surface area contributed by atoms with Gasteiger partial charge in [0, 0.05) is 37.1 Å². The van der Waals surface area contributed by atoms with Gasteiger partial charge in [-0.25, -0.2) is 9.97 Å². The molecule has 38 heavy (non-hydrogen) atoms. The van der Waals surface area contributed by atoms with Crippen molar-refractivity contribution in [2.75, 3.05) is 48.0 Å². The van der Waals surface area contributed by atoms with E-state index >= 15 is 0 Å². The molecule has 0 radical (unpaired) electrons. The number of benzene rings is 1. The van der Waals surface area contributed by atoms with Crippen molar-refractivity contribution in [3.05, 3.63) is 71.3 Å². The molecule has 2 saturated heterocycles. The SMILES string of the molecule is O=C1COCCN1c1cccc(-c2cc(Nc3ccc(N4CCC(O)CC4)cn3)c3c(=O)[nH]ccc3n2)c1. The number of amides is 1. The normalized spacial score (nSPS) is 16.7. The van der Waals surface area contributed by atoms with Crippen molar-refractivity contribution in [2.45, 2.75) is 18.9 Å². The van der Waals surface area contributed by atoms with E-state index in [1.54, 1.807) is 23.4 Å². The van der Waals surface area contributed by atoms with Gasteiger partial charge in [-0.05, 0) is 49.2 Å². The van der Waals surface area contributed by atoms with Crippen LogP contribution in [0.25, 0.3) is 22.2 Å². The number of aliphatic hydroxyl groups is 1. The number of piperidine rings is 1. The summed E-state index contributed by atoms with van der Waals surface area (Å²) in [6.07, 6.45) is 4.64. The smallest absolute Gasteiger partial charge is 0.259 e. The molecule has 194 valence electrons. The van der Waals surface area contributed by atoms with Crippen LogP contribution in [-0.4, -0.2) is 64.9 Å². The van der Waals surface area contributed by atoms with E-state index in [0.29, 0.717) is 41.3 Å². The lowest BCUT2D eigenvalue weighted by Gasteiger charge is -2.31. The van der Waals surface area contributed by atoms with Crippen LogP contribution in [0.2, 0.25) is 0 Å². The third-order valence-corrected chi connectivity index (χ3v) is 7.01. The fourth-order valence-corrected chi connectivity index (χ4v) is 4.97. The Morgan fingerprint density at radius 2 is 1.89 bits per heavy atom. The summed E-state index contributed by atoms with van der Waals surface area (Å²) in [5, 5.41) is 13.5. The maximum atomic E-state index is 12.8. The minimum absolute atomic E-state index is 0.0702. The Bertz CT molecular complexity index is 1530. The number of ether oxygens (including phenoxy) is 1. The highest BCUT2D eigenvalue weighted by molar-refractivity contribution is 5.97. The molecule has 0 spiro atoms. The first-order chi connectivity index (χ1) is 18.5. The number of morpholine rings is 1.